The number of carbonyl (C=O) groups is 1. The van der Waals surface area contributed by atoms with Crippen molar-refractivity contribution in [3.63, 3.8) is 0 Å². The summed E-state index contributed by atoms with van der Waals surface area (Å²) in [6.45, 7) is 5.27. The Morgan fingerprint density at radius 3 is 2.00 bits per heavy atom. The molecule has 0 aliphatic carbocycles. The Morgan fingerprint density at radius 1 is 1.50 bits per heavy atom. The fraction of sp³-hybridized carbons (Fsp3) is 0.833. The van der Waals surface area contributed by atoms with E-state index < -0.39 is 3.42 Å². The molecule has 0 unspecified atom stereocenters. The minimum Gasteiger partial charge on any atom is -0.437 e. The van der Waals surface area contributed by atoms with Gasteiger partial charge in [0.2, 0.25) is 3.42 Å². The normalized spacial score (nSPS) is 11.8. The number of rotatable bonds is 2. The Kier molecular flexibility index (Phi) is 3.88. The quantitative estimate of drug-likeness (QED) is 0.571. The molecule has 4 heteroatoms. The van der Waals surface area contributed by atoms with Gasteiger partial charge in [-0.25, -0.2) is 0 Å². The van der Waals surface area contributed by atoms with Gasteiger partial charge in [-0.05, 0) is 38.8 Å². The SMILES string of the molecule is CC(C)C(=O)OC(C)(Br)Br. The lowest BCUT2D eigenvalue weighted by atomic mass is 10.2. The molecule has 0 spiro atoms. The summed E-state index contributed by atoms with van der Waals surface area (Å²) < 4.78 is 4.17. The van der Waals surface area contributed by atoms with E-state index in [2.05, 4.69) is 31.9 Å². The van der Waals surface area contributed by atoms with Crippen molar-refractivity contribution in [3.8, 4) is 0 Å². The molecule has 10 heavy (non-hydrogen) atoms. The number of carbonyl (C=O) groups excluding carboxylic acids is 1. The van der Waals surface area contributed by atoms with Gasteiger partial charge in [-0.1, -0.05) is 13.8 Å². The summed E-state index contributed by atoms with van der Waals surface area (Å²) in [5, 5.41) is 0. The van der Waals surface area contributed by atoms with Crippen LogP contribution in [0.5, 0.6) is 0 Å². The highest BCUT2D eigenvalue weighted by Gasteiger charge is 2.21. The summed E-state index contributed by atoms with van der Waals surface area (Å²) in [7, 11) is 0. The Labute approximate surface area is 77.6 Å². The van der Waals surface area contributed by atoms with Crippen LogP contribution in [0.25, 0.3) is 0 Å². The molecule has 0 aliphatic rings. The molecule has 0 aromatic heterocycles. The molecular formula is C6H10Br2O2. The van der Waals surface area contributed by atoms with E-state index >= 15 is 0 Å². The van der Waals surface area contributed by atoms with Crippen LogP contribution in [0.15, 0.2) is 0 Å². The van der Waals surface area contributed by atoms with Crippen LogP contribution >= 0.6 is 31.9 Å². The smallest absolute Gasteiger partial charge is 0.310 e. The first kappa shape index (κ1) is 10.4. The molecule has 0 aromatic rings. The largest absolute Gasteiger partial charge is 0.437 e. The average molecular weight is 274 g/mol. The Bertz CT molecular complexity index is 126. The van der Waals surface area contributed by atoms with Gasteiger partial charge in [-0.15, -0.1) is 0 Å². The third-order valence-corrected chi connectivity index (χ3v) is 1.07. The van der Waals surface area contributed by atoms with Crippen LogP contribution < -0.4 is 0 Å². The first-order valence-electron chi connectivity index (χ1n) is 2.93. The fourth-order valence-electron chi connectivity index (χ4n) is 0.294. The summed E-state index contributed by atoms with van der Waals surface area (Å²) in [5.74, 6) is -0.314. The van der Waals surface area contributed by atoms with Gasteiger partial charge in [0.25, 0.3) is 0 Å². The maximum absolute atomic E-state index is 10.9. The number of ether oxygens (including phenoxy) is 1. The number of alkyl halides is 2. The summed E-state index contributed by atoms with van der Waals surface area (Å²) in [6.07, 6.45) is 0. The maximum atomic E-state index is 10.9. The van der Waals surface area contributed by atoms with Crippen LogP contribution in [0.3, 0.4) is 0 Å². The molecule has 0 atom stereocenters. The summed E-state index contributed by atoms with van der Waals surface area (Å²) in [5.41, 5.74) is 0. The van der Waals surface area contributed by atoms with Gasteiger partial charge in [0, 0.05) is 0 Å². The first-order valence-corrected chi connectivity index (χ1v) is 4.52. The third kappa shape index (κ3) is 5.23. The summed E-state index contributed by atoms with van der Waals surface area (Å²) >= 11 is 6.24. The van der Waals surface area contributed by atoms with E-state index in [1.165, 1.54) is 0 Å². The molecular weight excluding hydrogens is 264 g/mol. The van der Waals surface area contributed by atoms with Crippen LogP contribution in [-0.4, -0.2) is 9.39 Å². The molecule has 0 saturated carbocycles. The molecule has 0 bridgehead atoms. The van der Waals surface area contributed by atoms with E-state index in [1.54, 1.807) is 20.8 Å². The molecule has 0 radical (unpaired) electrons. The fourth-order valence-corrected chi connectivity index (χ4v) is 0.614. The van der Waals surface area contributed by atoms with Crippen molar-refractivity contribution in [3.05, 3.63) is 0 Å². The van der Waals surface area contributed by atoms with Crippen molar-refractivity contribution < 1.29 is 9.53 Å². The van der Waals surface area contributed by atoms with E-state index in [4.69, 9.17) is 4.74 Å². The first-order chi connectivity index (χ1) is 4.33. The van der Waals surface area contributed by atoms with Crippen molar-refractivity contribution in [2.24, 2.45) is 5.92 Å². The minimum absolute atomic E-state index is 0.0885. The van der Waals surface area contributed by atoms with Crippen molar-refractivity contribution in [2.45, 2.75) is 24.2 Å². The van der Waals surface area contributed by atoms with E-state index in [9.17, 15) is 4.79 Å². The Morgan fingerprint density at radius 2 is 1.90 bits per heavy atom. The Balaban J connectivity index is 3.81. The highest BCUT2D eigenvalue weighted by Crippen LogP contribution is 2.27. The number of hydrogen-bond acceptors (Lipinski definition) is 2. The summed E-state index contributed by atoms with van der Waals surface area (Å²) in [4.78, 5) is 10.9. The molecule has 0 fully saturated rings. The second-order valence-corrected chi connectivity index (χ2v) is 6.47. The molecule has 60 valence electrons. The average Bonchev–Trinajstić information content (AvgIpc) is 1.60. The molecule has 0 heterocycles. The predicted molar refractivity (Wildman–Crippen MR) is 47.2 cm³/mol. The van der Waals surface area contributed by atoms with Crippen molar-refractivity contribution in [1.29, 1.82) is 0 Å². The number of hydrogen-bond donors (Lipinski definition) is 0. The predicted octanol–water partition coefficient (Wildman–Crippen LogP) is 2.65. The molecule has 0 aromatic carbocycles. The molecule has 0 N–H and O–H groups in total. The van der Waals surface area contributed by atoms with Crippen molar-refractivity contribution >= 4 is 37.8 Å². The monoisotopic (exact) mass is 272 g/mol. The lowest BCUT2D eigenvalue weighted by Gasteiger charge is -2.16. The Hall–Kier alpha value is 0.430. The molecule has 0 saturated heterocycles. The third-order valence-electron chi connectivity index (χ3n) is 0.751. The van der Waals surface area contributed by atoms with Crippen LogP contribution in [0.1, 0.15) is 20.8 Å². The number of halogens is 2. The maximum Gasteiger partial charge on any atom is 0.310 e. The van der Waals surface area contributed by atoms with Gasteiger partial charge in [-0.2, -0.15) is 0 Å². The van der Waals surface area contributed by atoms with Gasteiger partial charge in [0.15, 0.2) is 0 Å². The topological polar surface area (TPSA) is 26.3 Å². The van der Waals surface area contributed by atoms with Crippen LogP contribution in [-0.2, 0) is 9.53 Å². The second-order valence-electron chi connectivity index (χ2n) is 2.38. The highest BCUT2D eigenvalue weighted by molar-refractivity contribution is 9.25. The van der Waals surface area contributed by atoms with Crippen LogP contribution in [0.2, 0.25) is 0 Å². The minimum atomic E-state index is -0.721. The van der Waals surface area contributed by atoms with Crippen LogP contribution in [0, 0.1) is 5.92 Å². The zero-order valence-electron chi connectivity index (χ0n) is 6.15. The zero-order valence-corrected chi connectivity index (χ0v) is 9.32. The van der Waals surface area contributed by atoms with Gasteiger partial charge in [-0.3, -0.25) is 4.79 Å². The molecule has 0 aliphatic heterocycles. The molecule has 2 nitrogen and oxygen atoms in total. The van der Waals surface area contributed by atoms with Gasteiger partial charge in [0.05, 0.1) is 5.92 Å². The van der Waals surface area contributed by atoms with Crippen molar-refractivity contribution in [1.82, 2.24) is 0 Å². The highest BCUT2D eigenvalue weighted by atomic mass is 79.9. The van der Waals surface area contributed by atoms with Crippen molar-refractivity contribution in [2.75, 3.05) is 0 Å². The lowest BCUT2D eigenvalue weighted by Crippen LogP contribution is -2.21. The lowest BCUT2D eigenvalue weighted by molar-refractivity contribution is -0.149. The van der Waals surface area contributed by atoms with E-state index in [0.717, 1.165) is 0 Å². The standard InChI is InChI=1S/C6H10Br2O2/c1-4(2)5(9)10-6(3,7)8/h4H,1-3H3. The van der Waals surface area contributed by atoms with Gasteiger partial charge in [0.1, 0.15) is 0 Å². The zero-order chi connectivity index (χ0) is 8.36. The summed E-state index contributed by atoms with van der Waals surface area (Å²) in [6, 6.07) is 0. The molecule has 0 rings (SSSR count). The van der Waals surface area contributed by atoms with E-state index in [1.807, 2.05) is 0 Å². The van der Waals surface area contributed by atoms with Gasteiger partial charge >= 0.3 is 5.97 Å². The van der Waals surface area contributed by atoms with E-state index in [-0.39, 0.29) is 11.9 Å². The van der Waals surface area contributed by atoms with E-state index in [0.29, 0.717) is 0 Å². The van der Waals surface area contributed by atoms with Crippen LogP contribution in [0.4, 0.5) is 0 Å². The number of esters is 1. The second kappa shape index (κ2) is 3.72. The molecule has 0 amide bonds. The van der Waals surface area contributed by atoms with Gasteiger partial charge < -0.3 is 4.74 Å².